The fourth-order valence-electron chi connectivity index (χ4n) is 2.52. The van der Waals surface area contributed by atoms with Crippen molar-refractivity contribution in [3.8, 4) is 0 Å². The summed E-state index contributed by atoms with van der Waals surface area (Å²) in [5.74, 6) is -0.933. The van der Waals surface area contributed by atoms with E-state index in [0.29, 0.717) is 19.3 Å². The van der Waals surface area contributed by atoms with Crippen LogP contribution in [-0.2, 0) is 31.9 Å². The van der Waals surface area contributed by atoms with Crippen molar-refractivity contribution in [2.24, 2.45) is 11.5 Å². The van der Waals surface area contributed by atoms with E-state index in [1.165, 1.54) is 0 Å². The molecule has 0 aliphatic heterocycles. The molecule has 0 aliphatic carbocycles. The monoisotopic (exact) mass is 370 g/mol. The summed E-state index contributed by atoms with van der Waals surface area (Å²) in [7, 11) is 0. The topological polar surface area (TPSA) is 105 Å². The van der Waals surface area contributed by atoms with Gasteiger partial charge < -0.3 is 20.9 Å². The highest BCUT2D eigenvalue weighted by Gasteiger charge is 2.17. The van der Waals surface area contributed by atoms with Gasteiger partial charge in [0.05, 0.1) is 13.2 Å². The molecule has 4 N–H and O–H groups in total. The molecule has 0 fully saturated rings. The average molecular weight is 370 g/mol. The van der Waals surface area contributed by atoms with Gasteiger partial charge in [-0.3, -0.25) is 9.59 Å². The Bertz CT molecular complexity index is 645. The predicted octanol–water partition coefficient (Wildman–Crippen LogP) is 1.60. The Labute approximate surface area is 159 Å². The highest BCUT2D eigenvalue weighted by molar-refractivity contribution is 5.76. The van der Waals surface area contributed by atoms with E-state index in [1.54, 1.807) is 0 Å². The number of benzene rings is 2. The van der Waals surface area contributed by atoms with E-state index < -0.39 is 24.0 Å². The maximum absolute atomic E-state index is 11.9. The molecule has 2 aromatic rings. The fraction of sp³-hybridized carbons (Fsp3) is 0.333. The molecular formula is C21H26N2O4. The Morgan fingerprint density at radius 1 is 0.704 bits per heavy atom. The quantitative estimate of drug-likeness (QED) is 0.486. The first-order valence-electron chi connectivity index (χ1n) is 8.98. The molecule has 0 aromatic heterocycles. The second-order valence-corrected chi connectivity index (χ2v) is 6.28. The third-order valence-corrected chi connectivity index (χ3v) is 3.98. The summed E-state index contributed by atoms with van der Waals surface area (Å²) in [5, 5.41) is 0. The molecule has 144 valence electrons. The largest absolute Gasteiger partial charge is 0.464 e. The van der Waals surface area contributed by atoms with Crippen LogP contribution >= 0.6 is 0 Å². The van der Waals surface area contributed by atoms with Crippen LogP contribution in [0.3, 0.4) is 0 Å². The summed E-state index contributed by atoms with van der Waals surface area (Å²) < 4.78 is 10.3. The minimum Gasteiger partial charge on any atom is -0.464 e. The number of rotatable bonds is 10. The van der Waals surface area contributed by atoms with E-state index in [4.69, 9.17) is 20.9 Å². The Balaban J connectivity index is 1.59. The zero-order valence-electron chi connectivity index (χ0n) is 15.3. The van der Waals surface area contributed by atoms with Crippen LogP contribution < -0.4 is 11.5 Å². The first-order valence-corrected chi connectivity index (χ1v) is 8.98. The van der Waals surface area contributed by atoms with Crippen LogP contribution in [0.4, 0.5) is 0 Å². The number of ether oxygens (including phenoxy) is 2. The predicted molar refractivity (Wildman–Crippen MR) is 103 cm³/mol. The lowest BCUT2D eigenvalue weighted by Crippen LogP contribution is -2.35. The fourth-order valence-corrected chi connectivity index (χ4v) is 2.52. The van der Waals surface area contributed by atoms with Crippen LogP contribution in [0.5, 0.6) is 0 Å². The van der Waals surface area contributed by atoms with Crippen LogP contribution in [0.1, 0.15) is 17.5 Å². The standard InChI is InChI=1S/C21H26N2O4/c22-18(14-16-8-3-1-4-9-16)20(24)26-12-7-13-27-21(25)19(23)15-17-10-5-2-6-11-17/h1-6,8-11,18-19H,7,12-15,22-23H2. The molecule has 0 heterocycles. The third kappa shape index (κ3) is 7.60. The summed E-state index contributed by atoms with van der Waals surface area (Å²) >= 11 is 0. The van der Waals surface area contributed by atoms with Gasteiger partial charge >= 0.3 is 11.9 Å². The van der Waals surface area contributed by atoms with Crippen LogP contribution in [0.25, 0.3) is 0 Å². The van der Waals surface area contributed by atoms with Gasteiger partial charge in [-0.2, -0.15) is 0 Å². The van der Waals surface area contributed by atoms with Gasteiger partial charge in [-0.25, -0.2) is 0 Å². The summed E-state index contributed by atoms with van der Waals surface area (Å²) in [6.45, 7) is 0.283. The van der Waals surface area contributed by atoms with Crippen molar-refractivity contribution in [2.75, 3.05) is 13.2 Å². The molecule has 2 atom stereocenters. The Kier molecular flexibility index (Phi) is 8.48. The number of hydrogen-bond donors (Lipinski definition) is 2. The first-order chi connectivity index (χ1) is 13.1. The van der Waals surface area contributed by atoms with Crippen molar-refractivity contribution in [2.45, 2.75) is 31.3 Å². The Morgan fingerprint density at radius 3 is 1.44 bits per heavy atom. The number of esters is 2. The highest BCUT2D eigenvalue weighted by atomic mass is 16.5. The maximum atomic E-state index is 11.9. The average Bonchev–Trinajstić information content (AvgIpc) is 2.68. The molecule has 2 unspecified atom stereocenters. The van der Waals surface area contributed by atoms with Crippen LogP contribution in [0, 0.1) is 0 Å². The summed E-state index contributed by atoms with van der Waals surface area (Å²) in [6, 6.07) is 17.6. The van der Waals surface area contributed by atoms with Gasteiger partial charge in [0, 0.05) is 6.42 Å². The van der Waals surface area contributed by atoms with E-state index in [1.807, 2.05) is 60.7 Å². The van der Waals surface area contributed by atoms with E-state index in [0.717, 1.165) is 11.1 Å². The molecule has 0 aliphatic rings. The normalized spacial score (nSPS) is 12.8. The van der Waals surface area contributed by atoms with Gasteiger partial charge in [0.2, 0.25) is 0 Å². The van der Waals surface area contributed by atoms with Crippen LogP contribution in [0.2, 0.25) is 0 Å². The van der Waals surface area contributed by atoms with Crippen molar-refractivity contribution < 1.29 is 19.1 Å². The molecule has 2 rings (SSSR count). The van der Waals surface area contributed by atoms with Crippen LogP contribution in [-0.4, -0.2) is 37.2 Å². The lowest BCUT2D eigenvalue weighted by molar-refractivity contribution is -0.147. The number of carbonyl (C=O) groups is 2. The smallest absolute Gasteiger partial charge is 0.323 e. The molecule has 0 saturated carbocycles. The van der Waals surface area contributed by atoms with Gasteiger partial charge in [-0.1, -0.05) is 60.7 Å². The minimum absolute atomic E-state index is 0.141. The zero-order chi connectivity index (χ0) is 19.5. The minimum atomic E-state index is -0.714. The maximum Gasteiger partial charge on any atom is 0.323 e. The Morgan fingerprint density at radius 2 is 1.07 bits per heavy atom. The van der Waals surface area contributed by atoms with E-state index in [-0.39, 0.29) is 13.2 Å². The number of hydrogen-bond acceptors (Lipinski definition) is 6. The number of carbonyl (C=O) groups excluding carboxylic acids is 2. The van der Waals surface area contributed by atoms with Crippen molar-refractivity contribution in [1.29, 1.82) is 0 Å². The van der Waals surface area contributed by atoms with Gasteiger partial charge in [-0.15, -0.1) is 0 Å². The van der Waals surface area contributed by atoms with Gasteiger partial charge in [0.25, 0.3) is 0 Å². The lowest BCUT2D eigenvalue weighted by Gasteiger charge is -2.13. The SMILES string of the molecule is NC(Cc1ccccc1)C(=O)OCCCOC(=O)C(N)Cc1ccccc1. The zero-order valence-corrected chi connectivity index (χ0v) is 15.3. The summed E-state index contributed by atoms with van der Waals surface area (Å²) in [6.07, 6.45) is 1.24. The van der Waals surface area contributed by atoms with E-state index in [2.05, 4.69) is 0 Å². The van der Waals surface area contributed by atoms with E-state index >= 15 is 0 Å². The second-order valence-electron chi connectivity index (χ2n) is 6.28. The molecule has 0 radical (unpaired) electrons. The molecule has 6 heteroatoms. The molecule has 6 nitrogen and oxygen atoms in total. The van der Waals surface area contributed by atoms with Crippen molar-refractivity contribution in [3.05, 3.63) is 71.8 Å². The van der Waals surface area contributed by atoms with Gasteiger partial charge in [0.15, 0.2) is 0 Å². The summed E-state index contributed by atoms with van der Waals surface area (Å²) in [4.78, 5) is 23.8. The molecule has 0 spiro atoms. The Hall–Kier alpha value is -2.70. The first kappa shape index (κ1) is 20.6. The number of nitrogens with two attached hydrogens (primary N) is 2. The summed E-state index contributed by atoms with van der Waals surface area (Å²) in [5.41, 5.74) is 13.6. The molecular weight excluding hydrogens is 344 g/mol. The highest BCUT2D eigenvalue weighted by Crippen LogP contribution is 2.04. The van der Waals surface area contributed by atoms with Crippen LogP contribution in [0.15, 0.2) is 60.7 Å². The molecule has 2 aromatic carbocycles. The lowest BCUT2D eigenvalue weighted by atomic mass is 10.1. The van der Waals surface area contributed by atoms with Gasteiger partial charge in [0.1, 0.15) is 12.1 Å². The van der Waals surface area contributed by atoms with E-state index in [9.17, 15) is 9.59 Å². The van der Waals surface area contributed by atoms with Crippen molar-refractivity contribution >= 4 is 11.9 Å². The molecule has 27 heavy (non-hydrogen) atoms. The molecule has 0 amide bonds. The van der Waals surface area contributed by atoms with Crippen molar-refractivity contribution in [1.82, 2.24) is 0 Å². The third-order valence-electron chi connectivity index (χ3n) is 3.98. The van der Waals surface area contributed by atoms with Gasteiger partial charge in [-0.05, 0) is 24.0 Å². The van der Waals surface area contributed by atoms with Crippen molar-refractivity contribution in [3.63, 3.8) is 0 Å². The molecule has 0 saturated heterocycles. The second kappa shape index (κ2) is 11.1. The molecule has 0 bridgehead atoms.